The number of rotatable bonds is 5. The fourth-order valence-electron chi connectivity index (χ4n) is 3.10. The maximum Gasteiger partial charge on any atom is 0.150 e. The third-order valence-corrected chi connectivity index (χ3v) is 4.08. The minimum atomic E-state index is 0.610. The second kappa shape index (κ2) is 6.34. The maximum atomic E-state index is 5.92. The predicted molar refractivity (Wildman–Crippen MR) is 72.1 cm³/mol. The van der Waals surface area contributed by atoms with Crippen molar-refractivity contribution in [3.05, 3.63) is 17.5 Å². The van der Waals surface area contributed by atoms with Crippen LogP contribution in [0.5, 0.6) is 0 Å². The van der Waals surface area contributed by atoms with Crippen LogP contribution in [0.4, 0.5) is 0 Å². The summed E-state index contributed by atoms with van der Waals surface area (Å²) < 4.78 is 5.33. The fraction of sp³-hybridized carbons (Fsp3) is 0.786. The number of aromatic nitrogens is 1. The van der Waals surface area contributed by atoms with Gasteiger partial charge in [-0.1, -0.05) is 24.9 Å². The molecule has 2 rings (SSSR count). The van der Waals surface area contributed by atoms with E-state index in [2.05, 4.69) is 17.0 Å². The Kier molecular flexibility index (Phi) is 4.78. The van der Waals surface area contributed by atoms with Crippen molar-refractivity contribution < 1.29 is 4.52 Å². The van der Waals surface area contributed by atoms with E-state index < -0.39 is 0 Å². The van der Waals surface area contributed by atoms with Crippen LogP contribution in [0.2, 0.25) is 0 Å². The molecular weight excluding hydrogens is 226 g/mol. The molecule has 4 nitrogen and oxygen atoms in total. The number of nitrogens with zero attached hydrogens (tertiary/aromatic N) is 2. The van der Waals surface area contributed by atoms with Crippen molar-refractivity contribution in [2.45, 2.75) is 52.1 Å². The highest BCUT2D eigenvalue weighted by atomic mass is 16.5. The van der Waals surface area contributed by atoms with Gasteiger partial charge in [0.25, 0.3) is 0 Å². The monoisotopic (exact) mass is 251 g/mol. The zero-order valence-corrected chi connectivity index (χ0v) is 11.6. The summed E-state index contributed by atoms with van der Waals surface area (Å²) in [7, 11) is 0. The number of hydrogen-bond donors (Lipinski definition) is 1. The highest BCUT2D eigenvalue weighted by Crippen LogP contribution is 2.28. The van der Waals surface area contributed by atoms with Crippen LogP contribution in [0, 0.1) is 12.8 Å². The molecule has 0 aromatic carbocycles. The van der Waals surface area contributed by atoms with Crippen LogP contribution in [-0.2, 0) is 6.54 Å². The van der Waals surface area contributed by atoms with Gasteiger partial charge in [0.1, 0.15) is 0 Å². The molecule has 4 heteroatoms. The van der Waals surface area contributed by atoms with Crippen molar-refractivity contribution in [3.8, 4) is 0 Å². The molecule has 0 aliphatic heterocycles. The third-order valence-electron chi connectivity index (χ3n) is 4.08. The molecule has 2 unspecified atom stereocenters. The Labute approximate surface area is 110 Å². The first-order valence-electron chi connectivity index (χ1n) is 7.11. The molecule has 1 aromatic rings. The lowest BCUT2D eigenvalue weighted by Crippen LogP contribution is -2.44. The minimum Gasteiger partial charge on any atom is -0.360 e. The van der Waals surface area contributed by atoms with Gasteiger partial charge in [0.15, 0.2) is 5.76 Å². The van der Waals surface area contributed by atoms with Gasteiger partial charge < -0.3 is 10.3 Å². The largest absolute Gasteiger partial charge is 0.360 e. The molecule has 1 aromatic heterocycles. The Bertz CT molecular complexity index is 364. The Morgan fingerprint density at radius 2 is 2.22 bits per heavy atom. The molecule has 0 bridgehead atoms. The summed E-state index contributed by atoms with van der Waals surface area (Å²) in [5.41, 5.74) is 6.88. The molecule has 102 valence electrons. The lowest BCUT2D eigenvalue weighted by Gasteiger charge is -2.38. The number of nitrogens with two attached hydrogens (primary N) is 1. The number of aryl methyl sites for hydroxylation is 1. The standard InChI is InChI=1S/C14H25N3O/c1-3-17(10-13-8-11(2)16-18-13)14-7-5-4-6-12(14)9-15/h8,12,14H,3-7,9-10,15H2,1-2H3. The van der Waals surface area contributed by atoms with E-state index >= 15 is 0 Å². The van der Waals surface area contributed by atoms with Gasteiger partial charge in [-0.2, -0.15) is 0 Å². The van der Waals surface area contributed by atoms with E-state index in [9.17, 15) is 0 Å². The predicted octanol–water partition coefficient (Wildman–Crippen LogP) is 2.32. The molecule has 1 saturated carbocycles. The molecule has 0 radical (unpaired) electrons. The van der Waals surface area contributed by atoms with Gasteiger partial charge in [-0.3, -0.25) is 4.90 Å². The SMILES string of the molecule is CCN(Cc1cc(C)no1)C1CCCCC1CN. The van der Waals surface area contributed by atoms with Gasteiger partial charge in [-0.25, -0.2) is 0 Å². The first-order valence-corrected chi connectivity index (χ1v) is 7.11. The van der Waals surface area contributed by atoms with Gasteiger partial charge in [-0.15, -0.1) is 0 Å². The zero-order valence-electron chi connectivity index (χ0n) is 11.6. The van der Waals surface area contributed by atoms with E-state index in [0.29, 0.717) is 12.0 Å². The van der Waals surface area contributed by atoms with Crippen LogP contribution in [0.1, 0.15) is 44.1 Å². The lowest BCUT2D eigenvalue weighted by molar-refractivity contribution is 0.0959. The van der Waals surface area contributed by atoms with Crippen LogP contribution in [0.15, 0.2) is 10.6 Å². The van der Waals surface area contributed by atoms with E-state index in [-0.39, 0.29) is 0 Å². The molecule has 0 amide bonds. The first-order chi connectivity index (χ1) is 8.74. The summed E-state index contributed by atoms with van der Waals surface area (Å²) in [5, 5.41) is 3.96. The van der Waals surface area contributed by atoms with E-state index in [1.54, 1.807) is 0 Å². The molecule has 0 spiro atoms. The van der Waals surface area contributed by atoms with E-state index in [1.165, 1.54) is 25.7 Å². The van der Waals surface area contributed by atoms with Crippen LogP contribution in [0.3, 0.4) is 0 Å². The van der Waals surface area contributed by atoms with E-state index in [0.717, 1.165) is 31.1 Å². The Balaban J connectivity index is 2.02. The summed E-state index contributed by atoms with van der Waals surface area (Å²) in [6.45, 7) is 6.88. The van der Waals surface area contributed by atoms with Crippen molar-refractivity contribution in [3.63, 3.8) is 0 Å². The molecule has 0 saturated heterocycles. The first kappa shape index (κ1) is 13.6. The van der Waals surface area contributed by atoms with Crippen molar-refractivity contribution in [2.24, 2.45) is 11.7 Å². The number of hydrogen-bond acceptors (Lipinski definition) is 4. The van der Waals surface area contributed by atoms with Crippen molar-refractivity contribution in [1.82, 2.24) is 10.1 Å². The van der Waals surface area contributed by atoms with Gasteiger partial charge in [-0.05, 0) is 38.8 Å². The second-order valence-corrected chi connectivity index (χ2v) is 5.35. The van der Waals surface area contributed by atoms with E-state index in [1.807, 2.05) is 13.0 Å². The topological polar surface area (TPSA) is 55.3 Å². The van der Waals surface area contributed by atoms with Gasteiger partial charge in [0, 0.05) is 12.1 Å². The third kappa shape index (κ3) is 3.12. The smallest absolute Gasteiger partial charge is 0.150 e. The molecule has 2 atom stereocenters. The summed E-state index contributed by atoms with van der Waals surface area (Å²) in [4.78, 5) is 2.50. The molecule has 1 heterocycles. The van der Waals surface area contributed by atoms with Crippen molar-refractivity contribution in [2.75, 3.05) is 13.1 Å². The molecule has 18 heavy (non-hydrogen) atoms. The van der Waals surface area contributed by atoms with Crippen molar-refractivity contribution in [1.29, 1.82) is 0 Å². The van der Waals surface area contributed by atoms with Crippen molar-refractivity contribution >= 4 is 0 Å². The van der Waals surface area contributed by atoms with Crippen LogP contribution >= 0.6 is 0 Å². The summed E-state index contributed by atoms with van der Waals surface area (Å²) >= 11 is 0. The maximum absolute atomic E-state index is 5.92. The Hall–Kier alpha value is -0.870. The Morgan fingerprint density at radius 1 is 1.44 bits per heavy atom. The molecule has 1 aliphatic carbocycles. The van der Waals surface area contributed by atoms with E-state index in [4.69, 9.17) is 10.3 Å². The summed E-state index contributed by atoms with van der Waals surface area (Å²) in [6, 6.07) is 2.64. The van der Waals surface area contributed by atoms with Crippen LogP contribution < -0.4 is 5.73 Å². The fourth-order valence-corrected chi connectivity index (χ4v) is 3.10. The summed E-state index contributed by atoms with van der Waals surface area (Å²) in [6.07, 6.45) is 5.19. The van der Waals surface area contributed by atoms with Gasteiger partial charge in [0.05, 0.1) is 12.2 Å². The lowest BCUT2D eigenvalue weighted by atomic mass is 9.83. The second-order valence-electron chi connectivity index (χ2n) is 5.35. The highest BCUT2D eigenvalue weighted by molar-refractivity contribution is 5.03. The van der Waals surface area contributed by atoms with Gasteiger partial charge in [0.2, 0.25) is 0 Å². The summed E-state index contributed by atoms with van der Waals surface area (Å²) in [5.74, 6) is 1.61. The normalized spacial score (nSPS) is 24.7. The van der Waals surface area contributed by atoms with Gasteiger partial charge >= 0.3 is 0 Å². The molecule has 2 N–H and O–H groups in total. The average molecular weight is 251 g/mol. The van der Waals surface area contributed by atoms with Crippen LogP contribution in [-0.4, -0.2) is 29.2 Å². The molecule has 1 fully saturated rings. The Morgan fingerprint density at radius 3 is 2.83 bits per heavy atom. The molecular formula is C14H25N3O. The minimum absolute atomic E-state index is 0.610. The highest BCUT2D eigenvalue weighted by Gasteiger charge is 2.28. The quantitative estimate of drug-likeness (QED) is 0.872. The molecule has 1 aliphatic rings. The zero-order chi connectivity index (χ0) is 13.0. The van der Waals surface area contributed by atoms with Crippen LogP contribution in [0.25, 0.3) is 0 Å². The average Bonchev–Trinajstić information content (AvgIpc) is 2.81.